The Kier molecular flexibility index (Phi) is 4.45. The van der Waals surface area contributed by atoms with Gasteiger partial charge in [0.25, 0.3) is 21.8 Å². The Labute approximate surface area is 150 Å². The third kappa shape index (κ3) is 3.27. The fourth-order valence-electron chi connectivity index (χ4n) is 2.62. The van der Waals surface area contributed by atoms with Crippen molar-refractivity contribution in [1.29, 1.82) is 0 Å². The first-order valence-corrected chi connectivity index (χ1v) is 9.38. The van der Waals surface area contributed by atoms with Crippen molar-refractivity contribution >= 4 is 27.5 Å². The van der Waals surface area contributed by atoms with Crippen molar-refractivity contribution in [3.63, 3.8) is 0 Å². The molecule has 0 saturated heterocycles. The summed E-state index contributed by atoms with van der Waals surface area (Å²) in [6.45, 7) is 3.42. The maximum atomic E-state index is 12.5. The highest BCUT2D eigenvalue weighted by molar-refractivity contribution is 7.90. The van der Waals surface area contributed by atoms with E-state index in [4.69, 9.17) is 4.74 Å². The van der Waals surface area contributed by atoms with Crippen LogP contribution in [0.3, 0.4) is 0 Å². The Bertz CT molecular complexity index is 996. The van der Waals surface area contributed by atoms with E-state index in [0.29, 0.717) is 17.9 Å². The lowest BCUT2D eigenvalue weighted by atomic mass is 10.2. The molecular formula is C16H18N4O5S. The third-order valence-corrected chi connectivity index (χ3v) is 5.27. The van der Waals surface area contributed by atoms with Crippen molar-refractivity contribution in [2.45, 2.75) is 31.3 Å². The van der Waals surface area contributed by atoms with Gasteiger partial charge in [-0.3, -0.25) is 14.3 Å². The van der Waals surface area contributed by atoms with Gasteiger partial charge in [0.2, 0.25) is 0 Å². The van der Waals surface area contributed by atoms with Gasteiger partial charge in [-0.05, 0) is 31.5 Å². The molecule has 3 rings (SSSR count). The summed E-state index contributed by atoms with van der Waals surface area (Å²) in [6, 6.07) is 4.02. The molecule has 0 spiro atoms. The molecule has 10 heteroatoms. The third-order valence-electron chi connectivity index (χ3n) is 3.94. The molecule has 1 unspecified atom stereocenters. The number of fused-ring (bicyclic) bond motifs is 1. The van der Waals surface area contributed by atoms with Gasteiger partial charge in [0.15, 0.2) is 6.10 Å². The normalized spacial score (nSPS) is 16.4. The smallest absolute Gasteiger partial charge is 0.268 e. The molecule has 0 saturated carbocycles. The number of amides is 2. The number of aryl methyl sites for hydroxylation is 2. The minimum Gasteiger partial charge on any atom is -0.478 e. The van der Waals surface area contributed by atoms with Crippen molar-refractivity contribution in [2.24, 2.45) is 7.05 Å². The number of hydrogen-bond acceptors (Lipinski definition) is 6. The number of carbonyl (C=O) groups is 2. The van der Waals surface area contributed by atoms with Crippen LogP contribution in [0.1, 0.15) is 29.4 Å². The summed E-state index contributed by atoms with van der Waals surface area (Å²) in [7, 11) is -2.50. The standard InChI is InChI=1S/C16H18N4O5S/c1-4-13-16(22)17-12-7-10(5-6-14(12)25-13)26(23,24)19-15(21)11-8-20(3)18-9(11)2/h5-8,13H,4H2,1-3H3,(H,17,22)(H,19,21). The molecule has 2 aromatic rings. The first-order chi connectivity index (χ1) is 12.2. The van der Waals surface area contributed by atoms with Gasteiger partial charge < -0.3 is 10.1 Å². The van der Waals surface area contributed by atoms with Crippen molar-refractivity contribution in [2.75, 3.05) is 5.32 Å². The van der Waals surface area contributed by atoms with Gasteiger partial charge in [-0.1, -0.05) is 6.92 Å². The molecule has 1 aromatic heterocycles. The zero-order valence-electron chi connectivity index (χ0n) is 14.4. The van der Waals surface area contributed by atoms with Crippen LogP contribution < -0.4 is 14.8 Å². The predicted octanol–water partition coefficient (Wildman–Crippen LogP) is 0.957. The molecule has 1 aliphatic heterocycles. The summed E-state index contributed by atoms with van der Waals surface area (Å²) in [5.41, 5.74) is 0.820. The van der Waals surface area contributed by atoms with Crippen LogP contribution in [0.4, 0.5) is 5.69 Å². The second-order valence-electron chi connectivity index (χ2n) is 5.90. The average molecular weight is 378 g/mol. The van der Waals surface area contributed by atoms with Gasteiger partial charge in [-0.2, -0.15) is 5.10 Å². The van der Waals surface area contributed by atoms with E-state index < -0.39 is 22.0 Å². The van der Waals surface area contributed by atoms with Crippen LogP contribution in [0.25, 0.3) is 0 Å². The largest absolute Gasteiger partial charge is 0.478 e. The number of rotatable bonds is 4. The fourth-order valence-corrected chi connectivity index (χ4v) is 3.62. The Morgan fingerprint density at radius 2 is 2.15 bits per heavy atom. The summed E-state index contributed by atoms with van der Waals surface area (Å²) in [6.07, 6.45) is 1.32. The van der Waals surface area contributed by atoms with E-state index in [2.05, 4.69) is 10.4 Å². The highest BCUT2D eigenvalue weighted by Gasteiger charge is 2.28. The molecular weight excluding hydrogens is 360 g/mol. The lowest BCUT2D eigenvalue weighted by molar-refractivity contribution is -0.123. The number of carbonyl (C=O) groups excluding carboxylic acids is 2. The molecule has 2 amide bonds. The molecule has 1 atom stereocenters. The number of benzene rings is 1. The summed E-state index contributed by atoms with van der Waals surface area (Å²) < 4.78 is 34.0. The van der Waals surface area contributed by atoms with Crippen molar-refractivity contribution in [3.8, 4) is 5.75 Å². The molecule has 2 N–H and O–H groups in total. The molecule has 26 heavy (non-hydrogen) atoms. The summed E-state index contributed by atoms with van der Waals surface area (Å²) in [5.74, 6) is -0.742. The van der Waals surface area contributed by atoms with Crippen LogP contribution in [0.5, 0.6) is 5.75 Å². The molecule has 9 nitrogen and oxygen atoms in total. The summed E-state index contributed by atoms with van der Waals surface area (Å²) in [5, 5.41) is 6.63. The molecule has 2 heterocycles. The number of sulfonamides is 1. The number of ether oxygens (including phenoxy) is 1. The van der Waals surface area contributed by atoms with E-state index in [-0.39, 0.29) is 22.1 Å². The van der Waals surface area contributed by atoms with Crippen LogP contribution in [-0.2, 0) is 21.9 Å². The molecule has 0 bridgehead atoms. The Hall–Kier alpha value is -2.88. The molecule has 1 aromatic carbocycles. The van der Waals surface area contributed by atoms with Crippen LogP contribution in [0, 0.1) is 6.92 Å². The van der Waals surface area contributed by atoms with Crippen LogP contribution in [-0.4, -0.2) is 36.1 Å². The van der Waals surface area contributed by atoms with Gasteiger partial charge in [0, 0.05) is 13.2 Å². The summed E-state index contributed by atoms with van der Waals surface area (Å²) in [4.78, 5) is 24.0. The van der Waals surface area contributed by atoms with E-state index in [0.717, 1.165) is 0 Å². The lowest BCUT2D eigenvalue weighted by Crippen LogP contribution is -2.36. The SMILES string of the molecule is CCC1Oc2ccc(S(=O)(=O)NC(=O)c3cn(C)nc3C)cc2NC1=O. The van der Waals surface area contributed by atoms with Crippen LogP contribution >= 0.6 is 0 Å². The first-order valence-electron chi connectivity index (χ1n) is 7.90. The molecule has 138 valence electrons. The van der Waals surface area contributed by atoms with Gasteiger partial charge in [0.1, 0.15) is 5.75 Å². The van der Waals surface area contributed by atoms with Gasteiger partial charge in [-0.25, -0.2) is 13.1 Å². The Morgan fingerprint density at radius 1 is 1.42 bits per heavy atom. The number of anilines is 1. The van der Waals surface area contributed by atoms with Crippen LogP contribution in [0.15, 0.2) is 29.3 Å². The maximum absolute atomic E-state index is 12.5. The van der Waals surface area contributed by atoms with Crippen LogP contribution in [0.2, 0.25) is 0 Å². The van der Waals surface area contributed by atoms with E-state index >= 15 is 0 Å². The molecule has 1 aliphatic rings. The Morgan fingerprint density at radius 3 is 2.77 bits per heavy atom. The minimum atomic E-state index is -4.13. The average Bonchev–Trinajstić information content (AvgIpc) is 2.91. The van der Waals surface area contributed by atoms with Gasteiger partial charge >= 0.3 is 0 Å². The number of aromatic nitrogens is 2. The first kappa shape index (κ1) is 17.9. The monoisotopic (exact) mass is 378 g/mol. The minimum absolute atomic E-state index is 0.162. The van der Waals surface area contributed by atoms with Crippen molar-refractivity contribution < 1.29 is 22.7 Å². The highest BCUT2D eigenvalue weighted by atomic mass is 32.2. The zero-order valence-corrected chi connectivity index (χ0v) is 15.3. The fraction of sp³-hybridized carbons (Fsp3) is 0.312. The highest BCUT2D eigenvalue weighted by Crippen LogP contribution is 2.32. The molecule has 0 radical (unpaired) electrons. The van der Waals surface area contributed by atoms with E-state index in [1.807, 2.05) is 11.6 Å². The van der Waals surface area contributed by atoms with Gasteiger partial charge in [0.05, 0.1) is 21.8 Å². The maximum Gasteiger partial charge on any atom is 0.268 e. The van der Waals surface area contributed by atoms with Crippen molar-refractivity contribution in [3.05, 3.63) is 35.7 Å². The molecule has 0 aliphatic carbocycles. The van der Waals surface area contributed by atoms with E-state index in [1.165, 1.54) is 29.1 Å². The Balaban J connectivity index is 1.86. The topological polar surface area (TPSA) is 119 Å². The van der Waals surface area contributed by atoms with E-state index in [1.54, 1.807) is 14.0 Å². The van der Waals surface area contributed by atoms with E-state index in [9.17, 15) is 18.0 Å². The number of nitrogens with one attached hydrogen (secondary N) is 2. The van der Waals surface area contributed by atoms with Crippen molar-refractivity contribution in [1.82, 2.24) is 14.5 Å². The lowest BCUT2D eigenvalue weighted by Gasteiger charge is -2.25. The predicted molar refractivity (Wildman–Crippen MR) is 92.4 cm³/mol. The number of nitrogens with zero attached hydrogens (tertiary/aromatic N) is 2. The second kappa shape index (κ2) is 6.45. The number of hydrogen-bond donors (Lipinski definition) is 2. The quantitative estimate of drug-likeness (QED) is 0.818. The second-order valence-corrected chi connectivity index (χ2v) is 7.58. The summed E-state index contributed by atoms with van der Waals surface area (Å²) >= 11 is 0. The molecule has 0 fully saturated rings. The van der Waals surface area contributed by atoms with Gasteiger partial charge in [-0.15, -0.1) is 0 Å². The zero-order chi connectivity index (χ0) is 19.1.